The molecule has 0 aliphatic carbocycles. The first-order valence-electron chi connectivity index (χ1n) is 15.2. The highest BCUT2D eigenvalue weighted by Gasteiger charge is 2.39. The van der Waals surface area contributed by atoms with Crippen LogP contribution < -0.4 is 25.4 Å². The van der Waals surface area contributed by atoms with E-state index in [9.17, 15) is 9.59 Å². The first-order chi connectivity index (χ1) is 21.1. The number of amides is 2. The molecule has 3 aromatic carbocycles. The summed E-state index contributed by atoms with van der Waals surface area (Å²) in [5.74, 6) is 0.107. The molecule has 0 radical (unpaired) electrons. The van der Waals surface area contributed by atoms with Gasteiger partial charge in [0.15, 0.2) is 11.5 Å². The first kappa shape index (κ1) is 36.2. The van der Waals surface area contributed by atoms with E-state index in [0.717, 1.165) is 32.4 Å². The molecule has 1 heterocycles. The monoisotopic (exact) mass is 657 g/mol. The van der Waals surface area contributed by atoms with Gasteiger partial charge in [-0.2, -0.15) is 0 Å². The second kappa shape index (κ2) is 16.9. The number of halogens is 2. The Balaban J connectivity index is 0.00000552. The summed E-state index contributed by atoms with van der Waals surface area (Å²) in [4.78, 5) is 27.6. The SMILES string of the molecule is COc1c(OCCCNCCCc2ccccc2)cccc1[C@@H]1O[C@@H](CC(N)=O)C(=O)N(CC(C)(C)C)c2ccc(Cl)cc21.Cl. The number of nitrogens with two attached hydrogens (primary N) is 1. The maximum atomic E-state index is 13.8. The summed E-state index contributed by atoms with van der Waals surface area (Å²) in [5.41, 5.74) is 8.71. The summed E-state index contributed by atoms with van der Waals surface area (Å²) in [6, 6.07) is 21.4. The number of carbonyl (C=O) groups excluding carboxylic acids is 2. The smallest absolute Gasteiger partial charge is 0.256 e. The Hall–Kier alpha value is -3.30. The van der Waals surface area contributed by atoms with E-state index in [1.165, 1.54) is 5.56 Å². The molecule has 4 rings (SSSR count). The number of carbonyl (C=O) groups is 2. The number of hydrogen-bond donors (Lipinski definition) is 2. The minimum Gasteiger partial charge on any atom is -0.492 e. The summed E-state index contributed by atoms with van der Waals surface area (Å²) in [6.07, 6.45) is 0.814. The normalized spacial score (nSPS) is 16.4. The number of hydrogen-bond acceptors (Lipinski definition) is 6. The minimum absolute atomic E-state index is 0. The van der Waals surface area contributed by atoms with E-state index >= 15 is 0 Å². The van der Waals surface area contributed by atoms with E-state index in [1.54, 1.807) is 24.1 Å². The number of fused-ring (bicyclic) bond motifs is 1. The van der Waals surface area contributed by atoms with Crippen molar-refractivity contribution < 1.29 is 23.8 Å². The van der Waals surface area contributed by atoms with Gasteiger partial charge in [0.1, 0.15) is 12.2 Å². The Morgan fingerprint density at radius 2 is 1.76 bits per heavy atom. The van der Waals surface area contributed by atoms with Crippen LogP contribution in [-0.4, -0.2) is 51.3 Å². The minimum atomic E-state index is -1.09. The van der Waals surface area contributed by atoms with E-state index in [2.05, 4.69) is 29.6 Å². The van der Waals surface area contributed by atoms with Gasteiger partial charge in [0.05, 0.1) is 20.1 Å². The zero-order valence-electron chi connectivity index (χ0n) is 26.5. The lowest BCUT2D eigenvalue weighted by Crippen LogP contribution is -2.44. The number of nitrogens with zero attached hydrogens (tertiary/aromatic N) is 1. The number of ether oxygens (including phenoxy) is 3. The number of anilines is 1. The van der Waals surface area contributed by atoms with Gasteiger partial charge in [-0.3, -0.25) is 9.59 Å². The van der Waals surface area contributed by atoms with Gasteiger partial charge >= 0.3 is 0 Å². The van der Waals surface area contributed by atoms with Crippen LogP contribution in [0.1, 0.15) is 62.8 Å². The van der Waals surface area contributed by atoms with Gasteiger partial charge in [0.2, 0.25) is 5.91 Å². The molecule has 3 aromatic rings. The predicted molar refractivity (Wildman–Crippen MR) is 182 cm³/mol. The summed E-state index contributed by atoms with van der Waals surface area (Å²) in [7, 11) is 1.58. The molecule has 0 bridgehead atoms. The number of methoxy groups -OCH3 is 1. The van der Waals surface area contributed by atoms with Gasteiger partial charge in [-0.1, -0.05) is 74.8 Å². The Kier molecular flexibility index (Phi) is 13.5. The first-order valence-corrected chi connectivity index (χ1v) is 15.5. The molecule has 0 saturated carbocycles. The van der Waals surface area contributed by atoms with Crippen molar-refractivity contribution in [2.75, 3.05) is 38.3 Å². The number of para-hydroxylation sites is 1. The van der Waals surface area contributed by atoms with E-state index < -0.39 is 18.1 Å². The largest absolute Gasteiger partial charge is 0.492 e. The van der Waals surface area contributed by atoms with Crippen LogP contribution in [0.15, 0.2) is 66.7 Å². The summed E-state index contributed by atoms with van der Waals surface area (Å²) in [5, 5.41) is 3.98. The third kappa shape index (κ3) is 10.1. The maximum Gasteiger partial charge on any atom is 0.256 e. The number of primary amides is 1. The second-order valence-electron chi connectivity index (χ2n) is 12.3. The van der Waals surface area contributed by atoms with Crippen molar-refractivity contribution in [3.05, 3.63) is 88.4 Å². The molecule has 1 aliphatic heterocycles. The van der Waals surface area contributed by atoms with Crippen molar-refractivity contribution in [2.24, 2.45) is 11.1 Å². The highest BCUT2D eigenvalue weighted by molar-refractivity contribution is 6.30. The fourth-order valence-corrected chi connectivity index (χ4v) is 5.58. The fourth-order valence-electron chi connectivity index (χ4n) is 5.40. The van der Waals surface area contributed by atoms with Crippen LogP contribution in [0.25, 0.3) is 0 Å². The number of nitrogens with one attached hydrogen (secondary N) is 1. The van der Waals surface area contributed by atoms with Crippen LogP contribution in [0, 0.1) is 5.41 Å². The lowest BCUT2D eigenvalue weighted by Gasteiger charge is -2.31. The molecule has 0 unspecified atom stereocenters. The van der Waals surface area contributed by atoms with Crippen molar-refractivity contribution in [3.8, 4) is 11.5 Å². The number of benzene rings is 3. The van der Waals surface area contributed by atoms with Crippen LogP contribution >= 0.6 is 24.0 Å². The lowest BCUT2D eigenvalue weighted by atomic mass is 9.94. The highest BCUT2D eigenvalue weighted by Crippen LogP contribution is 2.45. The molecule has 0 fully saturated rings. The molecular formula is C35H45Cl2N3O5. The Morgan fingerprint density at radius 3 is 2.44 bits per heavy atom. The van der Waals surface area contributed by atoms with Crippen LogP contribution in [0.3, 0.4) is 0 Å². The third-order valence-electron chi connectivity index (χ3n) is 7.34. The molecule has 3 N–H and O–H groups in total. The third-order valence-corrected chi connectivity index (χ3v) is 7.57. The molecule has 244 valence electrons. The molecule has 0 aromatic heterocycles. The molecule has 2 atom stereocenters. The molecule has 0 saturated heterocycles. The van der Waals surface area contributed by atoms with Gasteiger partial charge < -0.3 is 30.2 Å². The van der Waals surface area contributed by atoms with Crippen LogP contribution in [0.4, 0.5) is 5.69 Å². The molecule has 8 nitrogen and oxygen atoms in total. The fraction of sp³-hybridized carbons (Fsp3) is 0.429. The molecule has 1 aliphatic rings. The van der Waals surface area contributed by atoms with E-state index in [4.69, 9.17) is 31.5 Å². The summed E-state index contributed by atoms with van der Waals surface area (Å²) < 4.78 is 18.5. The molecule has 0 spiro atoms. The molecule has 45 heavy (non-hydrogen) atoms. The van der Waals surface area contributed by atoms with Crippen LogP contribution in [0.5, 0.6) is 11.5 Å². The van der Waals surface area contributed by atoms with Crippen molar-refractivity contribution in [1.29, 1.82) is 0 Å². The molecular weight excluding hydrogens is 613 g/mol. The molecule has 10 heteroatoms. The van der Waals surface area contributed by atoms with E-state index in [1.807, 2.05) is 51.1 Å². The van der Waals surface area contributed by atoms with Crippen LogP contribution in [-0.2, 0) is 20.7 Å². The predicted octanol–water partition coefficient (Wildman–Crippen LogP) is 6.50. The second-order valence-corrected chi connectivity index (χ2v) is 12.7. The van der Waals surface area contributed by atoms with Gasteiger partial charge in [-0.15, -0.1) is 12.4 Å². The lowest BCUT2D eigenvalue weighted by molar-refractivity contribution is -0.137. The van der Waals surface area contributed by atoms with Gasteiger partial charge in [-0.25, -0.2) is 0 Å². The van der Waals surface area contributed by atoms with Crippen molar-refractivity contribution >= 4 is 41.5 Å². The Labute approximate surface area is 278 Å². The maximum absolute atomic E-state index is 13.8. The Morgan fingerprint density at radius 1 is 1.02 bits per heavy atom. The van der Waals surface area contributed by atoms with Crippen LogP contribution in [0.2, 0.25) is 5.02 Å². The summed E-state index contributed by atoms with van der Waals surface area (Å²) >= 11 is 6.49. The van der Waals surface area contributed by atoms with Crippen molar-refractivity contribution in [3.63, 3.8) is 0 Å². The van der Waals surface area contributed by atoms with Gasteiger partial charge in [0, 0.05) is 28.4 Å². The van der Waals surface area contributed by atoms with Crippen molar-refractivity contribution in [2.45, 2.75) is 58.7 Å². The quantitative estimate of drug-likeness (QED) is 0.192. The van der Waals surface area contributed by atoms with Crippen molar-refractivity contribution in [1.82, 2.24) is 5.32 Å². The standard InChI is InChI=1S/C35H44ClN3O5.ClH/c1-35(2,3)23-39-28-17-16-25(36)21-27(28)32(44-30(34(39)41)22-31(37)40)26-14-8-15-29(33(26)42-4)43-20-10-19-38-18-9-13-24-11-6-5-7-12-24;/h5-8,11-12,14-17,21,30,32,38H,9-10,13,18-20,22-23H2,1-4H3,(H2,37,40);1H/t30-,32-;/m0./s1. The zero-order chi connectivity index (χ0) is 31.7. The number of aryl methyl sites for hydroxylation is 1. The van der Waals surface area contributed by atoms with E-state index in [0.29, 0.717) is 46.5 Å². The van der Waals surface area contributed by atoms with E-state index in [-0.39, 0.29) is 30.2 Å². The number of rotatable bonds is 14. The topological polar surface area (TPSA) is 103 Å². The highest BCUT2D eigenvalue weighted by atomic mass is 35.5. The van der Waals surface area contributed by atoms with Gasteiger partial charge in [-0.05, 0) is 67.6 Å². The molecule has 2 amide bonds. The average Bonchev–Trinajstić information content (AvgIpc) is 3.08. The summed E-state index contributed by atoms with van der Waals surface area (Å²) in [6.45, 7) is 8.81. The van der Waals surface area contributed by atoms with Gasteiger partial charge in [0.25, 0.3) is 5.91 Å². The Bertz CT molecular complexity index is 1410. The zero-order valence-corrected chi connectivity index (χ0v) is 28.1. The average molecular weight is 659 g/mol.